The topological polar surface area (TPSA) is 17.1 Å². The Morgan fingerprint density at radius 3 is 2.33 bits per heavy atom. The van der Waals surface area contributed by atoms with Gasteiger partial charge in [-0.15, -0.1) is 0 Å². The number of benzene rings is 2. The quantitative estimate of drug-likeness (QED) is 0.790. The van der Waals surface area contributed by atoms with Crippen molar-refractivity contribution in [2.75, 3.05) is 0 Å². The second-order valence-corrected chi connectivity index (χ2v) is 4.70. The average molecular weight is 259 g/mol. The zero-order chi connectivity index (χ0) is 12.8. The van der Waals surface area contributed by atoms with Crippen LogP contribution < -0.4 is 0 Å². The molecule has 0 aliphatic rings. The Morgan fingerprint density at radius 1 is 0.944 bits per heavy atom. The molecule has 0 fully saturated rings. The first-order valence-corrected chi connectivity index (χ1v) is 6.42. The predicted octanol–water partition coefficient (Wildman–Crippen LogP) is 4.08. The Bertz CT molecular complexity index is 520. The predicted molar refractivity (Wildman–Crippen MR) is 74.9 cm³/mol. The largest absolute Gasteiger partial charge is 0.299 e. The summed E-state index contributed by atoms with van der Waals surface area (Å²) in [5.74, 6) is 0.229. The van der Waals surface area contributed by atoms with Gasteiger partial charge in [-0.25, -0.2) is 0 Å². The lowest BCUT2D eigenvalue weighted by molar-refractivity contribution is -0.118. The molecule has 0 aliphatic heterocycles. The fourth-order valence-electron chi connectivity index (χ4n) is 1.87. The zero-order valence-electron chi connectivity index (χ0n) is 10.1. The molecule has 0 spiro atoms. The van der Waals surface area contributed by atoms with Crippen LogP contribution in [0.5, 0.6) is 0 Å². The molecule has 2 rings (SSSR count). The maximum atomic E-state index is 11.9. The highest BCUT2D eigenvalue weighted by atomic mass is 35.5. The molecule has 0 unspecified atom stereocenters. The summed E-state index contributed by atoms with van der Waals surface area (Å²) in [6, 6.07) is 17.6. The van der Waals surface area contributed by atoms with Crippen LogP contribution >= 0.6 is 11.6 Å². The lowest BCUT2D eigenvalue weighted by Crippen LogP contribution is -2.04. The second kappa shape index (κ2) is 6.36. The third-order valence-electron chi connectivity index (χ3n) is 2.88. The van der Waals surface area contributed by atoms with Gasteiger partial charge in [0.25, 0.3) is 0 Å². The van der Waals surface area contributed by atoms with Gasteiger partial charge in [0, 0.05) is 17.9 Å². The number of hydrogen-bond acceptors (Lipinski definition) is 1. The van der Waals surface area contributed by atoms with Gasteiger partial charge in [0.2, 0.25) is 0 Å². The second-order valence-electron chi connectivity index (χ2n) is 4.29. The van der Waals surface area contributed by atoms with Gasteiger partial charge < -0.3 is 0 Å². The molecule has 0 amide bonds. The molecular formula is C16H15ClO. The fourth-order valence-corrected chi connectivity index (χ4v) is 2.07. The molecule has 2 aromatic carbocycles. The molecule has 0 heterocycles. The van der Waals surface area contributed by atoms with Crippen molar-refractivity contribution < 1.29 is 4.79 Å². The van der Waals surface area contributed by atoms with Gasteiger partial charge >= 0.3 is 0 Å². The van der Waals surface area contributed by atoms with Crippen LogP contribution in [0.1, 0.15) is 17.5 Å². The fraction of sp³-hybridized carbons (Fsp3) is 0.188. The molecule has 0 atom stereocenters. The van der Waals surface area contributed by atoms with Crippen molar-refractivity contribution in [3.05, 3.63) is 70.7 Å². The molecule has 0 saturated heterocycles. The van der Waals surface area contributed by atoms with E-state index in [-0.39, 0.29) is 5.78 Å². The lowest BCUT2D eigenvalue weighted by Gasteiger charge is -2.04. The Balaban J connectivity index is 1.88. The smallest absolute Gasteiger partial charge is 0.137 e. The van der Waals surface area contributed by atoms with E-state index in [1.807, 2.05) is 54.6 Å². The summed E-state index contributed by atoms with van der Waals surface area (Å²) in [6.07, 6.45) is 1.78. The van der Waals surface area contributed by atoms with Crippen molar-refractivity contribution in [1.82, 2.24) is 0 Å². The normalized spacial score (nSPS) is 10.3. The summed E-state index contributed by atoms with van der Waals surface area (Å²) < 4.78 is 0. The Morgan fingerprint density at radius 2 is 1.61 bits per heavy atom. The number of rotatable bonds is 5. The first-order chi connectivity index (χ1) is 8.75. The van der Waals surface area contributed by atoms with Crippen molar-refractivity contribution in [3.63, 3.8) is 0 Å². The number of carbonyl (C=O) groups is 1. The van der Waals surface area contributed by atoms with E-state index in [2.05, 4.69) is 0 Å². The summed E-state index contributed by atoms with van der Waals surface area (Å²) in [6.45, 7) is 0. The molecule has 2 heteroatoms. The molecular weight excluding hydrogens is 244 g/mol. The van der Waals surface area contributed by atoms with Gasteiger partial charge in [0.05, 0.1) is 0 Å². The van der Waals surface area contributed by atoms with Crippen LogP contribution in [0.4, 0.5) is 0 Å². The first-order valence-electron chi connectivity index (χ1n) is 6.05. The molecule has 92 valence electrons. The third-order valence-corrected chi connectivity index (χ3v) is 3.25. The highest BCUT2D eigenvalue weighted by Gasteiger charge is 2.06. The maximum Gasteiger partial charge on any atom is 0.137 e. The van der Waals surface area contributed by atoms with Gasteiger partial charge in [-0.05, 0) is 23.6 Å². The van der Waals surface area contributed by atoms with Crippen molar-refractivity contribution in [1.29, 1.82) is 0 Å². The van der Waals surface area contributed by atoms with Crippen LogP contribution in [0.15, 0.2) is 54.6 Å². The minimum Gasteiger partial charge on any atom is -0.299 e. The Kier molecular flexibility index (Phi) is 4.54. The minimum atomic E-state index is 0.229. The van der Waals surface area contributed by atoms with Crippen LogP contribution in [-0.2, 0) is 17.6 Å². The van der Waals surface area contributed by atoms with Crippen LogP contribution in [0.2, 0.25) is 5.02 Å². The van der Waals surface area contributed by atoms with Crippen LogP contribution in [0, 0.1) is 0 Å². The van der Waals surface area contributed by atoms with E-state index in [1.165, 1.54) is 5.56 Å². The molecule has 0 bridgehead atoms. The highest BCUT2D eigenvalue weighted by molar-refractivity contribution is 6.31. The molecule has 0 N–H and O–H groups in total. The average Bonchev–Trinajstić information content (AvgIpc) is 2.40. The van der Waals surface area contributed by atoms with Crippen LogP contribution in [0.25, 0.3) is 0 Å². The minimum absolute atomic E-state index is 0.229. The van der Waals surface area contributed by atoms with Crippen molar-refractivity contribution in [3.8, 4) is 0 Å². The summed E-state index contributed by atoms with van der Waals surface area (Å²) in [5.41, 5.74) is 2.11. The lowest BCUT2D eigenvalue weighted by atomic mass is 10.0. The molecule has 1 nitrogen and oxygen atoms in total. The van der Waals surface area contributed by atoms with Gasteiger partial charge in [-0.3, -0.25) is 4.79 Å². The van der Waals surface area contributed by atoms with E-state index in [9.17, 15) is 4.79 Å². The van der Waals surface area contributed by atoms with Gasteiger partial charge in [0.1, 0.15) is 5.78 Å². The van der Waals surface area contributed by atoms with E-state index < -0.39 is 0 Å². The van der Waals surface area contributed by atoms with E-state index in [4.69, 9.17) is 11.6 Å². The summed E-state index contributed by atoms with van der Waals surface area (Å²) >= 11 is 6.03. The van der Waals surface area contributed by atoms with Gasteiger partial charge in [0.15, 0.2) is 0 Å². The van der Waals surface area contributed by atoms with E-state index >= 15 is 0 Å². The highest BCUT2D eigenvalue weighted by Crippen LogP contribution is 2.16. The molecule has 0 aromatic heterocycles. The summed E-state index contributed by atoms with van der Waals surface area (Å²) in [4.78, 5) is 11.9. The third kappa shape index (κ3) is 3.71. The van der Waals surface area contributed by atoms with Crippen molar-refractivity contribution >= 4 is 17.4 Å². The van der Waals surface area contributed by atoms with Crippen LogP contribution in [-0.4, -0.2) is 5.78 Å². The Labute approximate surface area is 112 Å². The number of hydrogen-bond donors (Lipinski definition) is 0. The molecule has 0 radical (unpaired) electrons. The molecule has 2 aromatic rings. The van der Waals surface area contributed by atoms with E-state index in [1.54, 1.807) is 0 Å². The van der Waals surface area contributed by atoms with E-state index in [0.29, 0.717) is 17.9 Å². The first kappa shape index (κ1) is 12.8. The molecule has 18 heavy (non-hydrogen) atoms. The Hall–Kier alpha value is -1.60. The zero-order valence-corrected chi connectivity index (χ0v) is 10.9. The monoisotopic (exact) mass is 258 g/mol. The molecule has 0 saturated carbocycles. The summed E-state index contributed by atoms with van der Waals surface area (Å²) in [7, 11) is 0. The maximum absolute atomic E-state index is 11.9. The standard InChI is InChI=1S/C16H15ClO/c17-16-9-5-4-8-14(16)12-15(18)11-10-13-6-2-1-3-7-13/h1-9H,10-12H2. The van der Waals surface area contributed by atoms with Crippen molar-refractivity contribution in [2.24, 2.45) is 0 Å². The number of halogens is 1. The van der Waals surface area contributed by atoms with Crippen molar-refractivity contribution in [2.45, 2.75) is 19.3 Å². The van der Waals surface area contributed by atoms with Gasteiger partial charge in [-0.2, -0.15) is 0 Å². The summed E-state index contributed by atoms with van der Waals surface area (Å²) in [5, 5.41) is 0.672. The number of aryl methyl sites for hydroxylation is 1. The number of carbonyl (C=O) groups excluding carboxylic acids is 1. The van der Waals surface area contributed by atoms with Gasteiger partial charge in [-0.1, -0.05) is 60.1 Å². The van der Waals surface area contributed by atoms with E-state index in [0.717, 1.165) is 12.0 Å². The molecule has 0 aliphatic carbocycles. The number of ketones is 1. The SMILES string of the molecule is O=C(CCc1ccccc1)Cc1ccccc1Cl. The number of Topliss-reactive ketones (excluding diaryl/α,β-unsaturated/α-hetero) is 1. The van der Waals surface area contributed by atoms with Crippen LogP contribution in [0.3, 0.4) is 0 Å².